The second kappa shape index (κ2) is 8.86. The van der Waals surface area contributed by atoms with Crippen molar-refractivity contribution in [2.45, 2.75) is 24.8 Å². The lowest BCUT2D eigenvalue weighted by Gasteiger charge is -2.34. The van der Waals surface area contributed by atoms with Gasteiger partial charge >= 0.3 is 0 Å². The lowest BCUT2D eigenvalue weighted by molar-refractivity contribution is -0.917. The van der Waals surface area contributed by atoms with Crippen molar-refractivity contribution in [3.63, 3.8) is 0 Å². The van der Waals surface area contributed by atoms with Crippen molar-refractivity contribution >= 4 is 27.4 Å². The zero-order valence-corrected chi connectivity index (χ0v) is 17.4. The van der Waals surface area contributed by atoms with Crippen molar-refractivity contribution in [2.24, 2.45) is 0 Å². The largest absolute Gasteiger partial charge is 0.323 e. The predicted molar refractivity (Wildman–Crippen MR) is 110 cm³/mol. The number of anilines is 1. The van der Waals surface area contributed by atoms with Crippen molar-refractivity contribution in [1.29, 1.82) is 0 Å². The molecule has 154 valence electrons. The van der Waals surface area contributed by atoms with Gasteiger partial charge in [0.2, 0.25) is 10.0 Å². The molecule has 0 bridgehead atoms. The molecule has 0 aromatic heterocycles. The van der Waals surface area contributed by atoms with Crippen LogP contribution in [0, 0.1) is 0 Å². The number of amides is 1. The number of carbonyl (C=O) groups is 2. The van der Waals surface area contributed by atoms with E-state index in [1.54, 1.807) is 54.6 Å². The number of rotatable bonds is 6. The van der Waals surface area contributed by atoms with Crippen LogP contribution >= 0.6 is 0 Å². The Kier molecular flexibility index (Phi) is 6.46. The number of benzene rings is 2. The Morgan fingerprint density at radius 1 is 1.00 bits per heavy atom. The fraction of sp³-hybridized carbons (Fsp3) is 0.333. The van der Waals surface area contributed by atoms with Crippen molar-refractivity contribution in [3.05, 3.63) is 60.2 Å². The summed E-state index contributed by atoms with van der Waals surface area (Å²) in [6.07, 6.45) is 0. The summed E-state index contributed by atoms with van der Waals surface area (Å²) in [6.45, 7) is 5.20. The number of carbonyl (C=O) groups excluding carboxylic acids is 2. The van der Waals surface area contributed by atoms with Gasteiger partial charge in [-0.3, -0.25) is 9.59 Å². The van der Waals surface area contributed by atoms with Crippen LogP contribution in [0.25, 0.3) is 0 Å². The molecule has 1 atom stereocenters. The van der Waals surface area contributed by atoms with Gasteiger partial charge < -0.3 is 10.2 Å². The second-order valence-electron chi connectivity index (χ2n) is 7.22. The maximum Gasteiger partial charge on any atom is 0.282 e. The zero-order chi connectivity index (χ0) is 21.0. The molecule has 1 amide bonds. The highest BCUT2D eigenvalue weighted by atomic mass is 32.2. The van der Waals surface area contributed by atoms with Gasteiger partial charge in [-0.1, -0.05) is 18.2 Å². The van der Waals surface area contributed by atoms with E-state index in [9.17, 15) is 18.0 Å². The van der Waals surface area contributed by atoms with Gasteiger partial charge in [0.05, 0.1) is 31.1 Å². The minimum Gasteiger partial charge on any atom is -0.323 e. The lowest BCUT2D eigenvalue weighted by Crippen LogP contribution is -3.19. The zero-order valence-electron chi connectivity index (χ0n) is 16.6. The van der Waals surface area contributed by atoms with Gasteiger partial charge in [0.25, 0.3) is 5.91 Å². The van der Waals surface area contributed by atoms with Crippen LogP contribution in [0.15, 0.2) is 59.5 Å². The summed E-state index contributed by atoms with van der Waals surface area (Å²) in [5.74, 6) is -0.154. The van der Waals surface area contributed by atoms with Crippen molar-refractivity contribution in [1.82, 2.24) is 4.31 Å². The summed E-state index contributed by atoms with van der Waals surface area (Å²) in [5, 5.41) is 2.87. The van der Waals surface area contributed by atoms with Gasteiger partial charge in [-0.25, -0.2) is 8.42 Å². The van der Waals surface area contributed by atoms with E-state index in [4.69, 9.17) is 0 Å². The SMILES string of the molecule is CC(=O)c1ccc(NC(=O)[C@H](C)[NH+]2CCN(S(=O)(=O)c3ccccc3)CC2)cc1. The first-order valence-electron chi connectivity index (χ1n) is 9.60. The third-order valence-electron chi connectivity index (χ3n) is 5.31. The summed E-state index contributed by atoms with van der Waals surface area (Å²) in [5.41, 5.74) is 1.23. The summed E-state index contributed by atoms with van der Waals surface area (Å²) in [7, 11) is -3.50. The molecular weight excluding hydrogens is 390 g/mol. The number of hydrogen-bond acceptors (Lipinski definition) is 4. The van der Waals surface area contributed by atoms with E-state index in [0.717, 1.165) is 4.90 Å². The molecule has 0 radical (unpaired) electrons. The van der Waals surface area contributed by atoms with Gasteiger partial charge in [0, 0.05) is 11.3 Å². The summed E-state index contributed by atoms with van der Waals surface area (Å²) in [4.78, 5) is 25.3. The molecule has 0 spiro atoms. The Morgan fingerprint density at radius 2 is 1.59 bits per heavy atom. The Labute approximate surface area is 171 Å². The van der Waals surface area contributed by atoms with E-state index in [1.807, 2.05) is 6.92 Å². The number of sulfonamides is 1. The molecule has 2 N–H and O–H groups in total. The van der Waals surface area contributed by atoms with E-state index in [2.05, 4.69) is 5.32 Å². The van der Waals surface area contributed by atoms with Crippen LogP contribution in [0.4, 0.5) is 5.69 Å². The molecule has 3 rings (SSSR count). The van der Waals surface area contributed by atoms with Crippen LogP contribution in [0.5, 0.6) is 0 Å². The number of nitrogens with zero attached hydrogens (tertiary/aromatic N) is 1. The molecule has 1 aliphatic rings. The smallest absolute Gasteiger partial charge is 0.282 e. The highest BCUT2D eigenvalue weighted by Gasteiger charge is 2.34. The first-order valence-corrected chi connectivity index (χ1v) is 11.0. The van der Waals surface area contributed by atoms with Crippen molar-refractivity contribution in [3.8, 4) is 0 Å². The summed E-state index contributed by atoms with van der Waals surface area (Å²) in [6, 6.07) is 14.9. The van der Waals surface area contributed by atoms with Crippen molar-refractivity contribution < 1.29 is 22.9 Å². The number of ketones is 1. The number of hydrogen-bond donors (Lipinski definition) is 2. The molecule has 2 aromatic rings. The van der Waals surface area contributed by atoms with E-state index >= 15 is 0 Å². The van der Waals surface area contributed by atoms with Crippen LogP contribution < -0.4 is 10.2 Å². The van der Waals surface area contributed by atoms with Crippen LogP contribution in [0.3, 0.4) is 0 Å². The Morgan fingerprint density at radius 3 is 2.14 bits per heavy atom. The van der Waals surface area contributed by atoms with Gasteiger partial charge in [-0.15, -0.1) is 0 Å². The summed E-state index contributed by atoms with van der Waals surface area (Å²) >= 11 is 0. The molecule has 1 aliphatic heterocycles. The molecule has 1 saturated heterocycles. The molecule has 0 aliphatic carbocycles. The average Bonchev–Trinajstić information content (AvgIpc) is 2.74. The molecule has 8 heteroatoms. The van der Waals surface area contributed by atoms with Gasteiger partial charge in [0.15, 0.2) is 11.8 Å². The average molecular weight is 417 g/mol. The Hall–Kier alpha value is -2.55. The fourth-order valence-corrected chi connectivity index (χ4v) is 4.88. The first kappa shape index (κ1) is 21.2. The molecule has 2 aromatic carbocycles. The third-order valence-corrected chi connectivity index (χ3v) is 7.22. The van der Waals surface area contributed by atoms with Crippen LogP contribution in [0.1, 0.15) is 24.2 Å². The monoisotopic (exact) mass is 416 g/mol. The van der Waals surface area contributed by atoms with Gasteiger partial charge in [-0.2, -0.15) is 4.31 Å². The normalized spacial score (nSPS) is 16.9. The van der Waals surface area contributed by atoms with Crippen LogP contribution in [-0.4, -0.2) is 56.6 Å². The standard InChI is InChI=1S/C21H25N3O4S/c1-16(21(26)22-19-10-8-18(9-11-19)17(2)25)23-12-14-24(15-13-23)29(27,28)20-6-4-3-5-7-20/h3-11,16H,12-15H2,1-2H3,(H,22,26)/p+1/t16-/m0/s1. The molecule has 0 unspecified atom stereocenters. The third kappa shape index (κ3) is 4.90. The molecule has 1 heterocycles. The van der Waals surface area contributed by atoms with Crippen LogP contribution in [-0.2, 0) is 14.8 Å². The molecule has 1 fully saturated rings. The highest BCUT2D eigenvalue weighted by Crippen LogP contribution is 2.15. The molecule has 7 nitrogen and oxygen atoms in total. The minimum absolute atomic E-state index is 0.0241. The van der Waals surface area contributed by atoms with Crippen molar-refractivity contribution in [2.75, 3.05) is 31.5 Å². The van der Waals surface area contributed by atoms with Crippen LogP contribution in [0.2, 0.25) is 0 Å². The highest BCUT2D eigenvalue weighted by molar-refractivity contribution is 7.89. The molecule has 0 saturated carbocycles. The van der Waals surface area contributed by atoms with E-state index in [0.29, 0.717) is 42.3 Å². The number of piperazine rings is 1. The lowest BCUT2D eigenvalue weighted by atomic mass is 10.1. The molecular formula is C21H26N3O4S+. The van der Waals surface area contributed by atoms with E-state index in [1.165, 1.54) is 11.2 Å². The van der Waals surface area contributed by atoms with Gasteiger partial charge in [0.1, 0.15) is 0 Å². The minimum atomic E-state index is -3.50. The first-order chi connectivity index (χ1) is 13.8. The molecule has 29 heavy (non-hydrogen) atoms. The topological polar surface area (TPSA) is 88.0 Å². The maximum atomic E-state index is 12.7. The summed E-state index contributed by atoms with van der Waals surface area (Å²) < 4.78 is 26.9. The number of Topliss-reactive ketones (excluding diaryl/α,β-unsaturated/α-hetero) is 1. The number of quaternary nitrogens is 1. The Balaban J connectivity index is 1.57. The maximum absolute atomic E-state index is 12.7. The second-order valence-corrected chi connectivity index (χ2v) is 9.16. The number of nitrogens with one attached hydrogen (secondary N) is 2. The predicted octanol–water partition coefficient (Wildman–Crippen LogP) is 0.806. The fourth-order valence-electron chi connectivity index (χ4n) is 3.41. The van der Waals surface area contributed by atoms with E-state index < -0.39 is 10.0 Å². The van der Waals surface area contributed by atoms with Gasteiger partial charge in [-0.05, 0) is 50.2 Å². The van der Waals surface area contributed by atoms with E-state index in [-0.39, 0.29) is 17.7 Å². The Bertz CT molecular complexity index is 967. The quantitative estimate of drug-likeness (QED) is 0.682.